The van der Waals surface area contributed by atoms with Crippen LogP contribution in [0.5, 0.6) is 11.5 Å². The van der Waals surface area contributed by atoms with Crippen molar-refractivity contribution >= 4 is 33.4 Å². The number of rotatable bonds is 13. The lowest BCUT2D eigenvalue weighted by molar-refractivity contribution is -0.870. The summed E-state index contributed by atoms with van der Waals surface area (Å²) >= 11 is 7.50. The van der Waals surface area contributed by atoms with Crippen LogP contribution in [0.25, 0.3) is 5.69 Å². The monoisotopic (exact) mass is 679 g/mol. The standard InChI is InChI=1S/C32H37ClF2N4O4S2/c1-32(2,22-8-13-25(33)28(17-22)43-6)30-19-36-31(38(30)24-11-9-23(34)10-12-24)44-20-21-16-29(26(35)18-27(21)40)45(41,42)37-14-7-15-39(3,4)5/h8-13,16-19,37H,7,14-15,20H2,1-6H3/p+1. The van der Waals surface area contributed by atoms with Gasteiger partial charge in [-0.25, -0.2) is 26.9 Å². The number of methoxy groups -OCH3 is 1. The second kappa shape index (κ2) is 13.7. The van der Waals surface area contributed by atoms with E-state index in [1.165, 1.54) is 23.9 Å². The van der Waals surface area contributed by atoms with E-state index in [1.54, 1.807) is 31.5 Å². The van der Waals surface area contributed by atoms with Crippen LogP contribution in [0.2, 0.25) is 5.02 Å². The minimum atomic E-state index is -4.17. The Balaban J connectivity index is 1.67. The Bertz CT molecular complexity index is 1770. The van der Waals surface area contributed by atoms with Crippen LogP contribution < -0.4 is 9.46 Å². The number of hydrogen-bond acceptors (Lipinski definition) is 6. The number of nitrogens with zero attached hydrogens (tertiary/aromatic N) is 3. The minimum Gasteiger partial charge on any atom is -0.508 e. The fourth-order valence-corrected chi connectivity index (χ4v) is 7.15. The van der Waals surface area contributed by atoms with Crippen LogP contribution >= 0.6 is 23.4 Å². The van der Waals surface area contributed by atoms with Crippen molar-refractivity contribution in [1.29, 1.82) is 0 Å². The Morgan fingerprint density at radius 3 is 2.42 bits per heavy atom. The number of phenolic OH excluding ortho intramolecular Hbond substituents is 1. The van der Waals surface area contributed by atoms with E-state index in [0.717, 1.165) is 29.9 Å². The Morgan fingerprint density at radius 1 is 1.09 bits per heavy atom. The molecule has 0 radical (unpaired) electrons. The van der Waals surface area contributed by atoms with Gasteiger partial charge in [0.15, 0.2) is 5.16 Å². The fourth-order valence-electron chi connectivity index (χ4n) is 4.80. The molecule has 0 spiro atoms. The summed E-state index contributed by atoms with van der Waals surface area (Å²) in [6.07, 6.45) is 2.28. The molecule has 0 bridgehead atoms. The van der Waals surface area contributed by atoms with Gasteiger partial charge < -0.3 is 14.3 Å². The first kappa shape index (κ1) is 34.7. The average molecular weight is 680 g/mol. The summed E-state index contributed by atoms with van der Waals surface area (Å²) in [5.41, 5.74) is 1.89. The van der Waals surface area contributed by atoms with Crippen molar-refractivity contribution in [3.05, 3.63) is 94.3 Å². The molecule has 1 heterocycles. The number of nitrogens with one attached hydrogen (secondary N) is 1. The highest BCUT2D eigenvalue weighted by Crippen LogP contribution is 2.40. The van der Waals surface area contributed by atoms with Crippen molar-refractivity contribution in [3.63, 3.8) is 0 Å². The van der Waals surface area contributed by atoms with E-state index in [4.69, 9.17) is 16.3 Å². The van der Waals surface area contributed by atoms with Crippen LogP contribution in [0, 0.1) is 11.6 Å². The van der Waals surface area contributed by atoms with Crippen molar-refractivity contribution in [2.24, 2.45) is 0 Å². The zero-order valence-corrected chi connectivity index (χ0v) is 28.5. The number of phenols is 1. The van der Waals surface area contributed by atoms with Crippen molar-refractivity contribution in [2.45, 2.75) is 41.5 Å². The molecule has 0 fully saturated rings. The number of aromatic nitrogens is 2. The minimum absolute atomic E-state index is 0.0724. The van der Waals surface area contributed by atoms with E-state index in [1.807, 2.05) is 51.7 Å². The summed E-state index contributed by atoms with van der Waals surface area (Å²) in [5.74, 6) is -1.23. The van der Waals surface area contributed by atoms with E-state index in [9.17, 15) is 22.3 Å². The third kappa shape index (κ3) is 8.17. The van der Waals surface area contributed by atoms with E-state index >= 15 is 0 Å². The highest BCUT2D eigenvalue weighted by atomic mass is 35.5. The molecule has 0 unspecified atom stereocenters. The van der Waals surface area contributed by atoms with E-state index in [0.29, 0.717) is 32.5 Å². The first-order valence-corrected chi connectivity index (χ1v) is 17.0. The number of halogens is 3. The van der Waals surface area contributed by atoms with Crippen molar-refractivity contribution in [3.8, 4) is 17.2 Å². The first-order chi connectivity index (χ1) is 21.0. The fraction of sp³-hybridized carbons (Fsp3) is 0.344. The molecule has 0 amide bonds. The number of quaternary nitrogens is 1. The summed E-state index contributed by atoms with van der Waals surface area (Å²) in [7, 11) is 3.37. The van der Waals surface area contributed by atoms with Crippen molar-refractivity contribution < 1.29 is 31.5 Å². The van der Waals surface area contributed by atoms with Gasteiger partial charge in [0.1, 0.15) is 28.0 Å². The van der Waals surface area contributed by atoms with Gasteiger partial charge in [0.05, 0.1) is 51.7 Å². The SMILES string of the molecule is COc1cc(C(C)(C)c2cnc(SCc3cc(S(=O)(=O)NCCC[N+](C)(C)C)c(F)cc3O)n2-c2ccc(F)cc2)ccc1Cl. The average Bonchev–Trinajstić information content (AvgIpc) is 3.39. The van der Waals surface area contributed by atoms with Gasteiger partial charge >= 0.3 is 0 Å². The molecule has 0 saturated heterocycles. The zero-order valence-electron chi connectivity index (χ0n) is 26.1. The summed E-state index contributed by atoms with van der Waals surface area (Å²) in [4.78, 5) is 4.12. The molecule has 3 aromatic carbocycles. The molecule has 4 aromatic rings. The summed E-state index contributed by atoms with van der Waals surface area (Å²) in [6.45, 7) is 4.90. The molecule has 0 atom stereocenters. The molecule has 13 heteroatoms. The number of thioether (sulfide) groups is 1. The molecule has 8 nitrogen and oxygen atoms in total. The number of aromatic hydroxyl groups is 1. The predicted molar refractivity (Wildman–Crippen MR) is 174 cm³/mol. The van der Waals surface area contributed by atoms with Gasteiger partial charge in [-0.3, -0.25) is 4.57 Å². The van der Waals surface area contributed by atoms with Crippen LogP contribution in [0.3, 0.4) is 0 Å². The number of sulfonamides is 1. The van der Waals surface area contributed by atoms with Gasteiger partial charge in [-0.1, -0.05) is 43.3 Å². The molecule has 0 aliphatic heterocycles. The molecule has 2 N–H and O–H groups in total. The molecule has 4 rings (SSSR count). The Labute approximate surface area is 272 Å². The first-order valence-electron chi connectivity index (χ1n) is 14.2. The van der Waals surface area contributed by atoms with Crippen LogP contribution in [0.1, 0.15) is 37.1 Å². The Morgan fingerprint density at radius 2 is 1.78 bits per heavy atom. The second-order valence-electron chi connectivity index (χ2n) is 12.2. The molecule has 45 heavy (non-hydrogen) atoms. The number of ether oxygens (including phenoxy) is 1. The normalized spacial score (nSPS) is 12.5. The Kier molecular flexibility index (Phi) is 10.6. The zero-order chi connectivity index (χ0) is 33.2. The van der Waals surface area contributed by atoms with Crippen molar-refractivity contribution in [2.75, 3.05) is 41.3 Å². The predicted octanol–water partition coefficient (Wildman–Crippen LogP) is 6.51. The van der Waals surface area contributed by atoms with Gasteiger partial charge in [0.25, 0.3) is 0 Å². The maximum Gasteiger partial charge on any atom is 0.243 e. The summed E-state index contributed by atoms with van der Waals surface area (Å²) in [6, 6.07) is 13.4. The molecule has 242 valence electrons. The van der Waals surface area contributed by atoms with Gasteiger partial charge in [0.2, 0.25) is 10.0 Å². The molecule has 1 aromatic heterocycles. The highest BCUT2D eigenvalue weighted by Gasteiger charge is 2.31. The Hall–Kier alpha value is -3.16. The van der Waals surface area contributed by atoms with Crippen molar-refractivity contribution in [1.82, 2.24) is 14.3 Å². The van der Waals surface area contributed by atoms with E-state index in [-0.39, 0.29) is 23.6 Å². The highest BCUT2D eigenvalue weighted by molar-refractivity contribution is 7.98. The summed E-state index contributed by atoms with van der Waals surface area (Å²) in [5, 5.41) is 11.5. The van der Waals surface area contributed by atoms with Gasteiger partial charge in [-0.05, 0) is 48.0 Å². The second-order valence-corrected chi connectivity index (χ2v) is 15.3. The van der Waals surface area contributed by atoms with E-state index in [2.05, 4.69) is 9.71 Å². The van der Waals surface area contributed by atoms with Crippen LogP contribution in [0.4, 0.5) is 8.78 Å². The molecule has 0 aliphatic carbocycles. The molecule has 0 saturated carbocycles. The number of imidazole rings is 1. The van der Waals surface area contributed by atoms with Gasteiger partial charge in [0, 0.05) is 41.5 Å². The number of hydrogen-bond donors (Lipinski definition) is 2. The topological polar surface area (TPSA) is 93.4 Å². The molecule has 0 aliphatic rings. The largest absolute Gasteiger partial charge is 0.508 e. The molecular formula is C32H38ClF2N4O4S2+. The number of benzene rings is 3. The lowest BCUT2D eigenvalue weighted by atomic mass is 9.81. The maximum absolute atomic E-state index is 14.8. The van der Waals surface area contributed by atoms with Gasteiger partial charge in [-0.15, -0.1) is 0 Å². The third-order valence-electron chi connectivity index (χ3n) is 7.40. The van der Waals surface area contributed by atoms with Crippen LogP contribution in [-0.4, -0.2) is 68.9 Å². The lowest BCUT2D eigenvalue weighted by Crippen LogP contribution is -2.37. The van der Waals surface area contributed by atoms with Crippen LogP contribution in [-0.2, 0) is 21.2 Å². The quantitative estimate of drug-likeness (QED) is 0.0951. The third-order valence-corrected chi connectivity index (χ3v) is 10.2. The van der Waals surface area contributed by atoms with Gasteiger partial charge in [-0.2, -0.15) is 0 Å². The maximum atomic E-state index is 14.8. The van der Waals surface area contributed by atoms with E-state index < -0.39 is 32.0 Å². The molecular weight excluding hydrogens is 642 g/mol. The lowest BCUT2D eigenvalue weighted by Gasteiger charge is -2.28. The smallest absolute Gasteiger partial charge is 0.243 e. The summed E-state index contributed by atoms with van der Waals surface area (Å²) < 4.78 is 65.1. The van der Waals surface area contributed by atoms with Crippen LogP contribution in [0.15, 0.2) is 70.8 Å².